The smallest absolute Gasteiger partial charge is 0.245 e. The molecule has 2 heterocycles. The van der Waals surface area contributed by atoms with Gasteiger partial charge in [-0.2, -0.15) is 5.26 Å². The van der Waals surface area contributed by atoms with Gasteiger partial charge in [-0.05, 0) is 11.4 Å². The van der Waals surface area contributed by atoms with Crippen molar-refractivity contribution in [2.45, 2.75) is 12.5 Å². The minimum atomic E-state index is -0.536. The van der Waals surface area contributed by atoms with Crippen LogP contribution in [0.25, 0.3) is 0 Å². The molecule has 1 aliphatic heterocycles. The van der Waals surface area contributed by atoms with Gasteiger partial charge in [-0.1, -0.05) is 6.07 Å². The SMILES string of the molecule is N#CCCN1CCN(C(=O)C(N)c2cccs2)CC1. The summed E-state index contributed by atoms with van der Waals surface area (Å²) in [6, 6.07) is 5.42. The molecule has 1 aromatic rings. The summed E-state index contributed by atoms with van der Waals surface area (Å²) in [6.07, 6.45) is 0.544. The second-order valence-corrected chi connectivity index (χ2v) is 5.55. The van der Waals surface area contributed by atoms with Gasteiger partial charge in [0.05, 0.1) is 6.07 Å². The number of thiophene rings is 1. The Morgan fingerprint density at radius 1 is 1.47 bits per heavy atom. The van der Waals surface area contributed by atoms with E-state index in [0.717, 1.165) is 24.5 Å². The summed E-state index contributed by atoms with van der Waals surface area (Å²) in [5.74, 6) is 0.00221. The minimum absolute atomic E-state index is 0.00221. The number of rotatable bonds is 4. The van der Waals surface area contributed by atoms with E-state index in [1.807, 2.05) is 22.4 Å². The Hall–Kier alpha value is -1.42. The topological polar surface area (TPSA) is 73.4 Å². The Morgan fingerprint density at radius 2 is 2.21 bits per heavy atom. The van der Waals surface area contributed by atoms with E-state index in [2.05, 4.69) is 11.0 Å². The Bertz CT molecular complexity index is 446. The van der Waals surface area contributed by atoms with Crippen LogP contribution in [0.2, 0.25) is 0 Å². The number of hydrogen-bond donors (Lipinski definition) is 1. The quantitative estimate of drug-likeness (QED) is 0.884. The molecule has 19 heavy (non-hydrogen) atoms. The van der Waals surface area contributed by atoms with Gasteiger partial charge >= 0.3 is 0 Å². The lowest BCUT2D eigenvalue weighted by Gasteiger charge is -2.35. The molecule has 1 aliphatic rings. The molecule has 1 saturated heterocycles. The van der Waals surface area contributed by atoms with E-state index in [4.69, 9.17) is 11.0 Å². The van der Waals surface area contributed by atoms with Crippen molar-refractivity contribution in [2.75, 3.05) is 32.7 Å². The summed E-state index contributed by atoms with van der Waals surface area (Å²) in [5.41, 5.74) is 5.99. The van der Waals surface area contributed by atoms with Crippen LogP contribution in [0.3, 0.4) is 0 Å². The minimum Gasteiger partial charge on any atom is -0.338 e. The zero-order valence-corrected chi connectivity index (χ0v) is 11.6. The highest BCUT2D eigenvalue weighted by atomic mass is 32.1. The highest BCUT2D eigenvalue weighted by Gasteiger charge is 2.26. The van der Waals surface area contributed by atoms with E-state index in [-0.39, 0.29) is 5.91 Å². The number of nitrogens with zero attached hydrogens (tertiary/aromatic N) is 3. The number of nitrogens with two attached hydrogens (primary N) is 1. The van der Waals surface area contributed by atoms with Crippen LogP contribution < -0.4 is 5.73 Å². The van der Waals surface area contributed by atoms with Gasteiger partial charge in [0.25, 0.3) is 0 Å². The molecule has 2 rings (SSSR count). The second-order valence-electron chi connectivity index (χ2n) is 4.57. The third-order valence-electron chi connectivity index (χ3n) is 3.34. The predicted molar refractivity (Wildman–Crippen MR) is 74.5 cm³/mol. The lowest BCUT2D eigenvalue weighted by molar-refractivity contribution is -0.134. The number of carbonyl (C=O) groups excluding carboxylic acids is 1. The third kappa shape index (κ3) is 3.53. The number of hydrogen-bond acceptors (Lipinski definition) is 5. The number of nitriles is 1. The summed E-state index contributed by atoms with van der Waals surface area (Å²) in [4.78, 5) is 17.2. The summed E-state index contributed by atoms with van der Waals surface area (Å²) in [6.45, 7) is 3.83. The first-order chi connectivity index (χ1) is 9.22. The largest absolute Gasteiger partial charge is 0.338 e. The molecule has 0 bridgehead atoms. The van der Waals surface area contributed by atoms with Gasteiger partial charge in [-0.25, -0.2) is 0 Å². The molecular formula is C13H18N4OS. The van der Waals surface area contributed by atoms with Crippen LogP contribution in [0, 0.1) is 11.3 Å². The first-order valence-electron chi connectivity index (χ1n) is 6.39. The molecule has 0 aliphatic carbocycles. The van der Waals surface area contributed by atoms with Crippen molar-refractivity contribution in [3.63, 3.8) is 0 Å². The number of carbonyl (C=O) groups is 1. The van der Waals surface area contributed by atoms with Gasteiger partial charge < -0.3 is 10.6 Å². The molecule has 1 aromatic heterocycles. The molecular weight excluding hydrogens is 260 g/mol. The van der Waals surface area contributed by atoms with E-state index in [0.29, 0.717) is 19.5 Å². The zero-order chi connectivity index (χ0) is 13.7. The van der Waals surface area contributed by atoms with Crippen molar-refractivity contribution in [1.29, 1.82) is 5.26 Å². The van der Waals surface area contributed by atoms with E-state index in [1.165, 1.54) is 11.3 Å². The molecule has 1 unspecified atom stereocenters. The van der Waals surface area contributed by atoms with Crippen LogP contribution in [-0.2, 0) is 4.79 Å². The van der Waals surface area contributed by atoms with E-state index in [9.17, 15) is 4.79 Å². The van der Waals surface area contributed by atoms with Crippen LogP contribution in [-0.4, -0.2) is 48.4 Å². The molecule has 0 saturated carbocycles. The Morgan fingerprint density at radius 3 is 2.79 bits per heavy atom. The lowest BCUT2D eigenvalue weighted by Crippen LogP contribution is -2.51. The zero-order valence-electron chi connectivity index (χ0n) is 10.8. The van der Waals surface area contributed by atoms with Crippen LogP contribution in [0.5, 0.6) is 0 Å². The van der Waals surface area contributed by atoms with Crippen molar-refractivity contribution >= 4 is 17.2 Å². The molecule has 2 N–H and O–H groups in total. The van der Waals surface area contributed by atoms with Crippen LogP contribution in [0.4, 0.5) is 0 Å². The van der Waals surface area contributed by atoms with Crippen molar-refractivity contribution in [3.05, 3.63) is 22.4 Å². The summed E-state index contributed by atoms with van der Waals surface area (Å²) >= 11 is 1.52. The van der Waals surface area contributed by atoms with Crippen LogP contribution in [0.15, 0.2) is 17.5 Å². The van der Waals surface area contributed by atoms with Gasteiger partial charge in [0.15, 0.2) is 0 Å². The highest BCUT2D eigenvalue weighted by molar-refractivity contribution is 7.10. The Labute approximate surface area is 117 Å². The Kier molecular flexibility index (Phi) is 4.91. The fourth-order valence-corrected chi connectivity index (χ4v) is 2.91. The predicted octanol–water partition coefficient (Wildman–Crippen LogP) is 0.806. The maximum absolute atomic E-state index is 12.3. The first-order valence-corrected chi connectivity index (χ1v) is 7.27. The van der Waals surface area contributed by atoms with E-state index < -0.39 is 6.04 Å². The fraction of sp³-hybridized carbons (Fsp3) is 0.538. The number of amides is 1. The maximum atomic E-state index is 12.3. The summed E-state index contributed by atoms with van der Waals surface area (Å²) < 4.78 is 0. The van der Waals surface area contributed by atoms with Gasteiger partial charge in [0.2, 0.25) is 5.91 Å². The molecule has 102 valence electrons. The lowest BCUT2D eigenvalue weighted by atomic mass is 10.2. The first kappa shape index (κ1) is 14.0. The maximum Gasteiger partial charge on any atom is 0.245 e. The molecule has 1 atom stereocenters. The van der Waals surface area contributed by atoms with Crippen LogP contribution in [0.1, 0.15) is 17.3 Å². The molecule has 1 fully saturated rings. The molecule has 0 aromatic carbocycles. The highest BCUT2D eigenvalue weighted by Crippen LogP contribution is 2.19. The molecule has 1 amide bonds. The van der Waals surface area contributed by atoms with Crippen molar-refractivity contribution in [3.8, 4) is 6.07 Å². The van der Waals surface area contributed by atoms with Gasteiger partial charge in [-0.15, -0.1) is 11.3 Å². The third-order valence-corrected chi connectivity index (χ3v) is 4.29. The van der Waals surface area contributed by atoms with Crippen molar-refractivity contribution in [1.82, 2.24) is 9.80 Å². The fourth-order valence-electron chi connectivity index (χ4n) is 2.19. The normalized spacial score (nSPS) is 18.0. The second kappa shape index (κ2) is 6.66. The van der Waals surface area contributed by atoms with Crippen LogP contribution >= 0.6 is 11.3 Å². The monoisotopic (exact) mass is 278 g/mol. The van der Waals surface area contributed by atoms with Crippen molar-refractivity contribution in [2.24, 2.45) is 5.73 Å². The van der Waals surface area contributed by atoms with E-state index >= 15 is 0 Å². The molecule has 5 nitrogen and oxygen atoms in total. The Balaban J connectivity index is 1.84. The molecule has 6 heteroatoms. The molecule has 0 radical (unpaired) electrons. The average Bonchev–Trinajstić information content (AvgIpc) is 2.98. The summed E-state index contributed by atoms with van der Waals surface area (Å²) in [5, 5.41) is 10.5. The van der Waals surface area contributed by atoms with E-state index in [1.54, 1.807) is 0 Å². The summed E-state index contributed by atoms with van der Waals surface area (Å²) in [7, 11) is 0. The van der Waals surface area contributed by atoms with Crippen molar-refractivity contribution < 1.29 is 4.79 Å². The average molecular weight is 278 g/mol. The van der Waals surface area contributed by atoms with Gasteiger partial charge in [0, 0.05) is 44.0 Å². The van der Waals surface area contributed by atoms with Gasteiger partial charge in [-0.3, -0.25) is 9.69 Å². The molecule has 0 spiro atoms. The number of piperazine rings is 1. The standard InChI is InChI=1S/C13H18N4OS/c14-4-2-5-16-6-8-17(9-7-16)13(18)12(15)11-3-1-10-19-11/h1,3,10,12H,2,5-9,15H2. The van der Waals surface area contributed by atoms with Gasteiger partial charge in [0.1, 0.15) is 6.04 Å².